The van der Waals surface area contributed by atoms with E-state index in [0.717, 1.165) is 31.2 Å². The van der Waals surface area contributed by atoms with Crippen LogP contribution in [0.2, 0.25) is 0 Å². The SMILES string of the molecule is C=CC1CC(C)(C)NC(C)(C)C1.Cc1ncnc(N(CCCCCCN(C)C2CC(C)(C)NC(C)(C)C2)C2CC(C)(C)NC(C)(C)C2)n1. The topological polar surface area (TPSA) is 81.2 Å². The smallest absolute Gasteiger partial charge is 0.228 e. The summed E-state index contributed by atoms with van der Waals surface area (Å²) in [4.78, 5) is 18.7. The van der Waals surface area contributed by atoms with Gasteiger partial charge in [0.1, 0.15) is 12.2 Å². The van der Waals surface area contributed by atoms with Gasteiger partial charge in [0.2, 0.25) is 5.95 Å². The molecule has 4 rings (SSSR count). The Kier molecular flexibility index (Phi) is 13.4. The van der Waals surface area contributed by atoms with E-state index in [0.29, 0.717) is 18.0 Å². The highest BCUT2D eigenvalue weighted by molar-refractivity contribution is 5.32. The fourth-order valence-electron chi connectivity index (χ4n) is 9.77. The molecule has 48 heavy (non-hydrogen) atoms. The van der Waals surface area contributed by atoms with Crippen LogP contribution < -0.4 is 20.9 Å². The lowest BCUT2D eigenvalue weighted by atomic mass is 9.76. The molecule has 8 nitrogen and oxygen atoms in total. The van der Waals surface area contributed by atoms with Crippen LogP contribution in [0.25, 0.3) is 0 Å². The van der Waals surface area contributed by atoms with Crippen LogP contribution in [0.3, 0.4) is 0 Å². The molecule has 0 aliphatic carbocycles. The van der Waals surface area contributed by atoms with Crippen LogP contribution >= 0.6 is 0 Å². The van der Waals surface area contributed by atoms with Crippen LogP contribution in [-0.4, -0.2) is 85.3 Å². The molecule has 0 atom stereocenters. The van der Waals surface area contributed by atoms with Gasteiger partial charge < -0.3 is 25.8 Å². The van der Waals surface area contributed by atoms with Gasteiger partial charge in [0.25, 0.3) is 0 Å². The molecule has 3 aliphatic heterocycles. The normalized spacial score (nSPS) is 24.8. The monoisotopic (exact) mass is 669 g/mol. The largest absolute Gasteiger partial charge is 0.338 e. The van der Waals surface area contributed by atoms with E-state index >= 15 is 0 Å². The molecule has 3 saturated heterocycles. The number of aryl methyl sites for hydroxylation is 1. The number of allylic oxidation sites excluding steroid dienone is 1. The van der Waals surface area contributed by atoms with Crippen LogP contribution in [0.5, 0.6) is 0 Å². The number of piperidine rings is 3. The molecule has 0 spiro atoms. The highest BCUT2D eigenvalue weighted by atomic mass is 15.3. The number of nitrogens with one attached hydrogen (secondary N) is 3. The minimum atomic E-state index is 0.0924. The van der Waals surface area contributed by atoms with Crippen molar-refractivity contribution < 1.29 is 0 Å². The number of hydrogen-bond donors (Lipinski definition) is 3. The Morgan fingerprint density at radius 3 is 1.50 bits per heavy atom. The van der Waals surface area contributed by atoms with Crippen molar-refractivity contribution in [1.82, 2.24) is 35.8 Å². The van der Waals surface area contributed by atoms with Gasteiger partial charge in [0.05, 0.1) is 0 Å². The van der Waals surface area contributed by atoms with Crippen LogP contribution in [0.15, 0.2) is 19.0 Å². The van der Waals surface area contributed by atoms with E-state index in [1.54, 1.807) is 6.33 Å². The molecule has 0 amide bonds. The predicted molar refractivity (Wildman–Crippen MR) is 206 cm³/mol. The van der Waals surface area contributed by atoms with E-state index in [1.165, 1.54) is 57.9 Å². The molecule has 4 heterocycles. The Morgan fingerprint density at radius 1 is 0.646 bits per heavy atom. The van der Waals surface area contributed by atoms with E-state index in [1.807, 2.05) is 6.92 Å². The quantitative estimate of drug-likeness (QED) is 0.163. The molecule has 0 bridgehead atoms. The maximum atomic E-state index is 4.73. The van der Waals surface area contributed by atoms with Gasteiger partial charge in [-0.25, -0.2) is 9.97 Å². The van der Waals surface area contributed by atoms with E-state index in [9.17, 15) is 0 Å². The molecule has 0 saturated carbocycles. The van der Waals surface area contributed by atoms with E-state index in [-0.39, 0.29) is 33.2 Å². The Hall–Kier alpha value is -1.61. The fraction of sp³-hybridized carbons (Fsp3) is 0.875. The zero-order chi connectivity index (χ0) is 36.2. The third kappa shape index (κ3) is 13.3. The van der Waals surface area contributed by atoms with Crippen molar-refractivity contribution in [2.45, 2.75) is 200 Å². The summed E-state index contributed by atoms with van der Waals surface area (Å²) in [5.41, 5.74) is 1.12. The number of unbranched alkanes of at least 4 members (excludes halogenated alkanes) is 3. The van der Waals surface area contributed by atoms with E-state index < -0.39 is 0 Å². The molecule has 3 N–H and O–H groups in total. The first kappa shape index (κ1) is 40.8. The lowest BCUT2D eigenvalue weighted by molar-refractivity contribution is 0.0805. The lowest BCUT2D eigenvalue weighted by Gasteiger charge is -2.49. The summed E-state index contributed by atoms with van der Waals surface area (Å²) in [6, 6.07) is 1.08. The number of rotatable bonds is 11. The molecule has 276 valence electrons. The van der Waals surface area contributed by atoms with Gasteiger partial charge in [-0.15, -0.1) is 6.58 Å². The number of anilines is 1. The molecule has 0 radical (unpaired) electrons. The van der Waals surface area contributed by atoms with Gasteiger partial charge in [-0.05, 0) is 161 Å². The first-order valence-corrected chi connectivity index (χ1v) is 19.0. The van der Waals surface area contributed by atoms with Crippen molar-refractivity contribution in [1.29, 1.82) is 0 Å². The molecule has 1 aromatic rings. The number of aromatic nitrogens is 3. The number of nitrogens with zero attached hydrogens (tertiary/aromatic N) is 5. The van der Waals surface area contributed by atoms with Crippen molar-refractivity contribution in [3.8, 4) is 0 Å². The van der Waals surface area contributed by atoms with Gasteiger partial charge in [-0.3, -0.25) is 0 Å². The van der Waals surface area contributed by atoms with Crippen molar-refractivity contribution in [2.75, 3.05) is 25.0 Å². The van der Waals surface area contributed by atoms with Gasteiger partial charge in [0, 0.05) is 51.9 Å². The maximum Gasteiger partial charge on any atom is 0.228 e. The van der Waals surface area contributed by atoms with Crippen molar-refractivity contribution in [3.05, 3.63) is 24.8 Å². The molecule has 8 heteroatoms. The Labute approximate surface area is 296 Å². The lowest BCUT2D eigenvalue weighted by Crippen LogP contribution is -2.62. The highest BCUT2D eigenvalue weighted by Gasteiger charge is 2.41. The van der Waals surface area contributed by atoms with E-state index in [4.69, 9.17) is 4.98 Å². The summed E-state index contributed by atoms with van der Waals surface area (Å²) in [5.74, 6) is 2.32. The molecule has 3 fully saturated rings. The third-order valence-electron chi connectivity index (χ3n) is 10.6. The zero-order valence-corrected chi connectivity index (χ0v) is 33.8. The standard InChI is InChI=1S/C29H55N7.C11H21N/c1-22-30-21-31-25(32-22)36(24-19-28(6,7)34-29(8,9)20-24)16-14-12-11-13-15-35(10)23-17-26(2,3)33-27(4,5)18-23;1-6-9-7-10(2,3)12-11(4,5)8-9/h21,23-24,33-34H,11-20H2,1-10H3;6,9,12H,1,7-8H2,2-5H3. The molecule has 3 aliphatic rings. The molecule has 0 aromatic carbocycles. The van der Waals surface area contributed by atoms with Gasteiger partial charge in [0.15, 0.2) is 0 Å². The first-order valence-electron chi connectivity index (χ1n) is 19.0. The second-order valence-corrected chi connectivity index (χ2v) is 19.6. The molecule has 0 unspecified atom stereocenters. The van der Waals surface area contributed by atoms with Gasteiger partial charge in [-0.2, -0.15) is 4.98 Å². The summed E-state index contributed by atoms with van der Waals surface area (Å²) < 4.78 is 0. The first-order chi connectivity index (χ1) is 21.9. The van der Waals surface area contributed by atoms with Gasteiger partial charge in [-0.1, -0.05) is 18.9 Å². The molecule has 1 aromatic heterocycles. The average Bonchev–Trinajstić information content (AvgIpc) is 2.87. The zero-order valence-electron chi connectivity index (χ0n) is 33.8. The summed E-state index contributed by atoms with van der Waals surface area (Å²) in [6.45, 7) is 35.8. The van der Waals surface area contributed by atoms with Crippen molar-refractivity contribution in [3.63, 3.8) is 0 Å². The van der Waals surface area contributed by atoms with Crippen LogP contribution in [-0.2, 0) is 0 Å². The fourth-order valence-corrected chi connectivity index (χ4v) is 9.77. The van der Waals surface area contributed by atoms with Crippen LogP contribution in [0.4, 0.5) is 5.95 Å². The summed E-state index contributed by atoms with van der Waals surface area (Å²) in [6.07, 6.45) is 15.8. The summed E-state index contributed by atoms with van der Waals surface area (Å²) >= 11 is 0. The van der Waals surface area contributed by atoms with Crippen LogP contribution in [0, 0.1) is 12.8 Å². The van der Waals surface area contributed by atoms with Crippen molar-refractivity contribution >= 4 is 5.95 Å². The number of hydrogen-bond acceptors (Lipinski definition) is 8. The second kappa shape index (κ2) is 15.7. The minimum Gasteiger partial charge on any atom is -0.338 e. The molecular formula is C40H76N8. The Bertz CT molecular complexity index is 1120. The molecular weight excluding hydrogens is 592 g/mol. The van der Waals surface area contributed by atoms with E-state index in [2.05, 4.69) is 139 Å². The van der Waals surface area contributed by atoms with Crippen LogP contribution in [0.1, 0.15) is 153 Å². The highest BCUT2D eigenvalue weighted by Crippen LogP contribution is 2.35. The predicted octanol–water partition coefficient (Wildman–Crippen LogP) is 7.83. The van der Waals surface area contributed by atoms with Gasteiger partial charge >= 0.3 is 0 Å². The Morgan fingerprint density at radius 2 is 1.06 bits per heavy atom. The summed E-state index contributed by atoms with van der Waals surface area (Å²) in [7, 11) is 2.33. The maximum absolute atomic E-state index is 4.73. The summed E-state index contributed by atoms with van der Waals surface area (Å²) in [5, 5.41) is 11.3. The Balaban J connectivity index is 0.000000437. The average molecular weight is 669 g/mol. The second-order valence-electron chi connectivity index (χ2n) is 19.6. The minimum absolute atomic E-state index is 0.0924. The van der Waals surface area contributed by atoms with Crippen molar-refractivity contribution in [2.24, 2.45) is 5.92 Å². The third-order valence-corrected chi connectivity index (χ3v) is 10.6.